The summed E-state index contributed by atoms with van der Waals surface area (Å²) in [5.74, 6) is 1.24. The van der Waals surface area contributed by atoms with E-state index in [2.05, 4.69) is 5.32 Å². The minimum absolute atomic E-state index is 0.120. The van der Waals surface area contributed by atoms with Gasteiger partial charge in [0.1, 0.15) is 5.75 Å². The monoisotopic (exact) mass is 287 g/mol. The van der Waals surface area contributed by atoms with Gasteiger partial charge < -0.3 is 10.1 Å². The Bertz CT molecular complexity index is 637. The van der Waals surface area contributed by atoms with Gasteiger partial charge in [-0.25, -0.2) is 0 Å². The van der Waals surface area contributed by atoms with Gasteiger partial charge in [-0.2, -0.15) is 0 Å². The maximum Gasteiger partial charge on any atom is 0.255 e. The quantitative estimate of drug-likeness (QED) is 0.876. The summed E-state index contributed by atoms with van der Waals surface area (Å²) in [6, 6.07) is 13.0. The summed E-state index contributed by atoms with van der Waals surface area (Å²) in [7, 11) is 0. The molecule has 1 aliphatic heterocycles. The number of halogens is 1. The van der Waals surface area contributed by atoms with E-state index in [0.29, 0.717) is 18.1 Å². The Kier molecular flexibility index (Phi) is 3.61. The molecular formula is C16H14ClNO2. The molecule has 0 bridgehead atoms. The van der Waals surface area contributed by atoms with Crippen LogP contribution in [0.25, 0.3) is 0 Å². The zero-order chi connectivity index (χ0) is 13.9. The molecule has 4 heteroatoms. The molecule has 0 saturated heterocycles. The van der Waals surface area contributed by atoms with E-state index in [4.69, 9.17) is 16.3 Å². The summed E-state index contributed by atoms with van der Waals surface area (Å²) in [6.07, 6.45) is 0.892. The van der Waals surface area contributed by atoms with Gasteiger partial charge in [0.15, 0.2) is 0 Å². The first kappa shape index (κ1) is 13.0. The highest BCUT2D eigenvalue weighted by Gasteiger charge is 2.13. The van der Waals surface area contributed by atoms with Crippen molar-refractivity contribution in [2.24, 2.45) is 0 Å². The molecule has 2 aromatic carbocycles. The van der Waals surface area contributed by atoms with Crippen LogP contribution in [0.2, 0.25) is 0 Å². The molecule has 1 aliphatic rings. The predicted molar refractivity (Wildman–Crippen MR) is 79.6 cm³/mol. The maximum absolute atomic E-state index is 12.1. The number of alkyl halides is 1. The van der Waals surface area contributed by atoms with Crippen LogP contribution in [0, 0.1) is 0 Å². The van der Waals surface area contributed by atoms with Gasteiger partial charge in [-0.3, -0.25) is 4.79 Å². The summed E-state index contributed by atoms with van der Waals surface area (Å²) < 4.78 is 5.44. The molecule has 1 N–H and O–H groups in total. The first-order chi connectivity index (χ1) is 9.76. The number of carbonyl (C=O) groups is 1. The molecular weight excluding hydrogens is 274 g/mol. The molecule has 1 amide bonds. The van der Waals surface area contributed by atoms with Crippen molar-refractivity contribution in [2.45, 2.75) is 12.3 Å². The number of ether oxygens (including phenoxy) is 1. The molecule has 0 atom stereocenters. The summed E-state index contributed by atoms with van der Waals surface area (Å²) in [5, 5.41) is 2.90. The van der Waals surface area contributed by atoms with Crippen LogP contribution in [0.3, 0.4) is 0 Å². The Morgan fingerprint density at radius 1 is 1.20 bits per heavy atom. The van der Waals surface area contributed by atoms with Crippen LogP contribution in [0.15, 0.2) is 42.5 Å². The van der Waals surface area contributed by atoms with Crippen LogP contribution in [0.1, 0.15) is 21.5 Å². The van der Waals surface area contributed by atoms with E-state index in [-0.39, 0.29) is 5.91 Å². The van der Waals surface area contributed by atoms with Gasteiger partial charge in [-0.05, 0) is 41.5 Å². The summed E-state index contributed by atoms with van der Waals surface area (Å²) >= 11 is 5.73. The number of rotatable bonds is 3. The standard InChI is InChI=1S/C16H14ClNO2/c17-10-11-1-3-12(4-2-11)16(19)18-14-5-6-15-13(9-14)7-8-20-15/h1-6,9H,7-8,10H2,(H,18,19). The lowest BCUT2D eigenvalue weighted by molar-refractivity contribution is 0.102. The van der Waals surface area contributed by atoms with Crippen LogP contribution in [-0.2, 0) is 12.3 Å². The number of hydrogen-bond acceptors (Lipinski definition) is 2. The zero-order valence-electron chi connectivity index (χ0n) is 10.9. The van der Waals surface area contributed by atoms with Gasteiger partial charge in [-0.1, -0.05) is 12.1 Å². The van der Waals surface area contributed by atoms with Crippen molar-refractivity contribution < 1.29 is 9.53 Å². The normalized spacial score (nSPS) is 12.7. The first-order valence-corrected chi connectivity index (χ1v) is 7.02. The molecule has 102 valence electrons. The number of nitrogens with one attached hydrogen (secondary N) is 1. The minimum Gasteiger partial charge on any atom is -0.493 e. The minimum atomic E-state index is -0.120. The van der Waals surface area contributed by atoms with E-state index < -0.39 is 0 Å². The largest absolute Gasteiger partial charge is 0.493 e. The zero-order valence-corrected chi connectivity index (χ0v) is 11.6. The van der Waals surface area contributed by atoms with E-state index in [1.165, 1.54) is 0 Å². The molecule has 0 radical (unpaired) electrons. The highest BCUT2D eigenvalue weighted by atomic mass is 35.5. The third-order valence-corrected chi connectivity index (χ3v) is 3.63. The highest BCUT2D eigenvalue weighted by molar-refractivity contribution is 6.17. The first-order valence-electron chi connectivity index (χ1n) is 6.48. The van der Waals surface area contributed by atoms with Crippen molar-refractivity contribution in [3.05, 3.63) is 59.2 Å². The van der Waals surface area contributed by atoms with Crippen LogP contribution in [0.5, 0.6) is 5.75 Å². The third kappa shape index (κ3) is 2.63. The van der Waals surface area contributed by atoms with E-state index in [9.17, 15) is 4.79 Å². The summed E-state index contributed by atoms with van der Waals surface area (Å²) in [6.45, 7) is 0.715. The third-order valence-electron chi connectivity index (χ3n) is 3.32. The molecule has 0 aromatic heterocycles. The van der Waals surface area contributed by atoms with Crippen molar-refractivity contribution in [1.29, 1.82) is 0 Å². The van der Waals surface area contributed by atoms with Crippen molar-refractivity contribution in [2.75, 3.05) is 11.9 Å². The lowest BCUT2D eigenvalue weighted by Gasteiger charge is -2.07. The number of amides is 1. The van der Waals surface area contributed by atoms with Crippen molar-refractivity contribution in [3.8, 4) is 5.75 Å². The maximum atomic E-state index is 12.1. The molecule has 0 aliphatic carbocycles. The van der Waals surface area contributed by atoms with E-state index in [1.54, 1.807) is 12.1 Å². The molecule has 0 fully saturated rings. The topological polar surface area (TPSA) is 38.3 Å². The Labute approximate surface area is 122 Å². The predicted octanol–water partition coefficient (Wildman–Crippen LogP) is 3.61. The average molecular weight is 288 g/mol. The fourth-order valence-corrected chi connectivity index (χ4v) is 2.39. The van der Waals surface area contributed by atoms with E-state index >= 15 is 0 Å². The van der Waals surface area contributed by atoms with Gasteiger partial charge in [0, 0.05) is 23.6 Å². The lowest BCUT2D eigenvalue weighted by atomic mass is 10.1. The number of hydrogen-bond donors (Lipinski definition) is 1. The smallest absolute Gasteiger partial charge is 0.255 e. The van der Waals surface area contributed by atoms with Crippen molar-refractivity contribution in [1.82, 2.24) is 0 Å². The van der Waals surface area contributed by atoms with Gasteiger partial charge in [0.05, 0.1) is 6.61 Å². The van der Waals surface area contributed by atoms with Gasteiger partial charge in [-0.15, -0.1) is 11.6 Å². The molecule has 0 spiro atoms. The lowest BCUT2D eigenvalue weighted by Crippen LogP contribution is -2.11. The van der Waals surface area contributed by atoms with Crippen LogP contribution in [0.4, 0.5) is 5.69 Å². The Morgan fingerprint density at radius 3 is 2.75 bits per heavy atom. The summed E-state index contributed by atoms with van der Waals surface area (Å²) in [4.78, 5) is 12.1. The van der Waals surface area contributed by atoms with E-state index in [1.807, 2.05) is 30.3 Å². The van der Waals surface area contributed by atoms with Crippen LogP contribution in [-0.4, -0.2) is 12.5 Å². The van der Waals surface area contributed by atoms with Crippen LogP contribution < -0.4 is 10.1 Å². The second-order valence-electron chi connectivity index (χ2n) is 4.71. The average Bonchev–Trinajstić information content (AvgIpc) is 2.95. The molecule has 2 aromatic rings. The van der Waals surface area contributed by atoms with Gasteiger partial charge >= 0.3 is 0 Å². The number of carbonyl (C=O) groups excluding carboxylic acids is 1. The highest BCUT2D eigenvalue weighted by Crippen LogP contribution is 2.28. The molecule has 0 unspecified atom stereocenters. The second-order valence-corrected chi connectivity index (χ2v) is 4.97. The Hall–Kier alpha value is -2.00. The molecule has 0 saturated carbocycles. The second kappa shape index (κ2) is 5.55. The van der Waals surface area contributed by atoms with Crippen molar-refractivity contribution >= 4 is 23.2 Å². The van der Waals surface area contributed by atoms with Crippen molar-refractivity contribution in [3.63, 3.8) is 0 Å². The fourth-order valence-electron chi connectivity index (χ4n) is 2.21. The number of fused-ring (bicyclic) bond motifs is 1. The van der Waals surface area contributed by atoms with Gasteiger partial charge in [0.2, 0.25) is 0 Å². The molecule has 3 rings (SSSR count). The Balaban J connectivity index is 1.75. The number of benzene rings is 2. The molecule has 3 nitrogen and oxygen atoms in total. The SMILES string of the molecule is O=C(Nc1ccc2c(c1)CCO2)c1ccc(CCl)cc1. The van der Waals surface area contributed by atoms with Crippen LogP contribution >= 0.6 is 11.6 Å². The fraction of sp³-hybridized carbons (Fsp3) is 0.188. The Morgan fingerprint density at radius 2 is 2.00 bits per heavy atom. The molecule has 1 heterocycles. The number of anilines is 1. The van der Waals surface area contributed by atoms with E-state index in [0.717, 1.165) is 29.0 Å². The molecule has 20 heavy (non-hydrogen) atoms. The van der Waals surface area contributed by atoms with Gasteiger partial charge in [0.25, 0.3) is 5.91 Å². The summed E-state index contributed by atoms with van der Waals surface area (Å²) in [5.41, 5.74) is 3.55.